The molecule has 0 radical (unpaired) electrons. The molecule has 4 heterocycles. The van der Waals surface area contributed by atoms with Gasteiger partial charge in [-0.3, -0.25) is 9.80 Å². The molecule has 0 aliphatic carbocycles. The summed E-state index contributed by atoms with van der Waals surface area (Å²) in [5.74, 6) is 1.26. The first kappa shape index (κ1) is 27.5. The Labute approximate surface area is 237 Å². The summed E-state index contributed by atoms with van der Waals surface area (Å²) in [6.07, 6.45) is 4.87. The van der Waals surface area contributed by atoms with Crippen molar-refractivity contribution in [2.45, 2.75) is 62.9 Å². The van der Waals surface area contributed by atoms with E-state index in [9.17, 15) is 4.39 Å². The van der Waals surface area contributed by atoms with E-state index in [0.29, 0.717) is 35.9 Å². The summed E-state index contributed by atoms with van der Waals surface area (Å²) in [4.78, 5) is 7.54. The average Bonchev–Trinajstić information content (AvgIpc) is 3.37. The molecule has 4 saturated heterocycles. The maximum Gasteiger partial charge on any atom is 0.123 e. The van der Waals surface area contributed by atoms with Crippen LogP contribution in [0.5, 0.6) is 0 Å². The molecule has 0 spiro atoms. The Kier molecular flexibility index (Phi) is 9.61. The third kappa shape index (κ3) is 6.71. The highest BCUT2D eigenvalue weighted by Gasteiger charge is 2.38. The second kappa shape index (κ2) is 13.3. The van der Waals surface area contributed by atoms with E-state index in [4.69, 9.17) is 23.2 Å². The van der Waals surface area contributed by atoms with Crippen molar-refractivity contribution in [2.75, 3.05) is 29.7 Å². The highest BCUT2D eigenvalue weighted by molar-refractivity contribution is 6.18. The van der Waals surface area contributed by atoms with Gasteiger partial charge in [0.2, 0.25) is 0 Å². The zero-order valence-corrected chi connectivity index (χ0v) is 23.5. The van der Waals surface area contributed by atoms with Gasteiger partial charge in [0.05, 0.1) is 0 Å². The van der Waals surface area contributed by atoms with Crippen LogP contribution in [0.25, 0.3) is 0 Å². The molecule has 0 amide bonds. The molecule has 4 fully saturated rings. The molecule has 3 aromatic carbocycles. The van der Waals surface area contributed by atoms with Gasteiger partial charge in [-0.1, -0.05) is 60.7 Å². The van der Waals surface area contributed by atoms with Crippen molar-refractivity contribution in [3.05, 3.63) is 102 Å². The molecule has 6 heteroatoms. The second-order valence-corrected chi connectivity index (χ2v) is 11.4. The highest BCUT2D eigenvalue weighted by atomic mass is 35.5. The number of alkyl halides is 2. The predicted molar refractivity (Wildman–Crippen MR) is 158 cm³/mol. The molecule has 0 aromatic heterocycles. The second-order valence-electron chi connectivity index (χ2n) is 10.8. The molecule has 4 aliphatic heterocycles. The van der Waals surface area contributed by atoms with Gasteiger partial charge in [0.1, 0.15) is 5.82 Å². The maximum atomic E-state index is 13.1. The number of hydrogen-bond donors (Lipinski definition) is 0. The largest absolute Gasteiger partial charge is 0.366 e. The molecule has 4 unspecified atom stereocenters. The topological polar surface area (TPSA) is 9.72 Å². The fourth-order valence-corrected chi connectivity index (χ4v) is 6.94. The first-order chi connectivity index (χ1) is 18.6. The number of benzene rings is 3. The van der Waals surface area contributed by atoms with E-state index in [1.54, 1.807) is 12.1 Å². The van der Waals surface area contributed by atoms with Crippen LogP contribution in [0.3, 0.4) is 0 Å². The number of likely N-dealkylation sites (tertiary alicyclic amines) is 1. The molecule has 2 bridgehead atoms. The highest BCUT2D eigenvalue weighted by Crippen LogP contribution is 2.33. The molecule has 3 nitrogen and oxygen atoms in total. The van der Waals surface area contributed by atoms with E-state index in [-0.39, 0.29) is 5.82 Å². The van der Waals surface area contributed by atoms with Crippen LogP contribution >= 0.6 is 23.2 Å². The van der Waals surface area contributed by atoms with E-state index in [1.165, 1.54) is 36.8 Å². The number of piperazine rings is 1. The third-order valence-corrected chi connectivity index (χ3v) is 9.08. The third-order valence-electron chi connectivity index (χ3n) is 8.37. The Balaban J connectivity index is 0.000000163. The average molecular weight is 555 g/mol. The maximum absolute atomic E-state index is 13.1. The molecule has 4 aliphatic rings. The molecule has 38 heavy (non-hydrogen) atoms. The standard InChI is InChI=1S/C19H21FN2.C13H17Cl2N/c20-16-6-8-17(9-7-16)22-14-18-10-11-19(22)13-21(18)12-15-4-2-1-3-5-15;14-8-12-6-7-13(9-15)16(12)10-11-4-2-1-3-5-11/h1-9,18-19H,10-14H2;1-5,12-13H,6-10H2. The van der Waals surface area contributed by atoms with Crippen molar-refractivity contribution in [1.29, 1.82) is 0 Å². The van der Waals surface area contributed by atoms with Crippen molar-refractivity contribution >= 4 is 28.9 Å². The van der Waals surface area contributed by atoms with Crippen molar-refractivity contribution in [2.24, 2.45) is 0 Å². The van der Waals surface area contributed by atoms with Gasteiger partial charge in [0.15, 0.2) is 0 Å². The molecule has 3 aromatic rings. The fourth-order valence-electron chi connectivity index (χ4n) is 6.27. The van der Waals surface area contributed by atoms with Crippen LogP contribution in [-0.2, 0) is 13.1 Å². The van der Waals surface area contributed by atoms with Gasteiger partial charge >= 0.3 is 0 Å². The number of rotatable bonds is 7. The molecule has 4 atom stereocenters. The Morgan fingerprint density at radius 1 is 0.632 bits per heavy atom. The van der Waals surface area contributed by atoms with Crippen LogP contribution in [0.4, 0.5) is 10.1 Å². The number of anilines is 1. The number of hydrogen-bond acceptors (Lipinski definition) is 3. The lowest BCUT2D eigenvalue weighted by atomic mass is 9.90. The summed E-state index contributed by atoms with van der Waals surface area (Å²) >= 11 is 12.0. The van der Waals surface area contributed by atoms with Crippen molar-refractivity contribution in [3.8, 4) is 0 Å². The van der Waals surface area contributed by atoms with E-state index < -0.39 is 0 Å². The van der Waals surface area contributed by atoms with Gasteiger partial charge in [0.25, 0.3) is 0 Å². The monoisotopic (exact) mass is 553 g/mol. The Bertz CT molecular complexity index is 1100. The van der Waals surface area contributed by atoms with Crippen molar-refractivity contribution < 1.29 is 4.39 Å². The zero-order chi connectivity index (χ0) is 26.3. The normalized spacial score (nSPS) is 25.3. The van der Waals surface area contributed by atoms with E-state index in [1.807, 2.05) is 18.2 Å². The van der Waals surface area contributed by atoms with E-state index >= 15 is 0 Å². The van der Waals surface area contributed by atoms with E-state index in [0.717, 1.165) is 31.9 Å². The predicted octanol–water partition coefficient (Wildman–Crippen LogP) is 7.18. The molecule has 202 valence electrons. The van der Waals surface area contributed by atoms with Gasteiger partial charge in [-0.2, -0.15) is 0 Å². The minimum absolute atomic E-state index is 0.156. The molecule has 0 saturated carbocycles. The Hall–Kier alpha value is -2.11. The van der Waals surface area contributed by atoms with Crippen LogP contribution < -0.4 is 4.90 Å². The van der Waals surface area contributed by atoms with Crippen LogP contribution in [0, 0.1) is 5.82 Å². The van der Waals surface area contributed by atoms with Crippen molar-refractivity contribution in [1.82, 2.24) is 9.80 Å². The van der Waals surface area contributed by atoms with Gasteiger partial charge in [-0.25, -0.2) is 4.39 Å². The minimum Gasteiger partial charge on any atom is -0.366 e. The van der Waals surface area contributed by atoms with Gasteiger partial charge in [0, 0.05) is 67.8 Å². The Morgan fingerprint density at radius 2 is 1.18 bits per heavy atom. The summed E-state index contributed by atoms with van der Waals surface area (Å²) in [7, 11) is 0. The lowest BCUT2D eigenvalue weighted by Crippen LogP contribution is -2.62. The first-order valence-electron chi connectivity index (χ1n) is 13.9. The fraction of sp³-hybridized carbons (Fsp3) is 0.438. The number of fused-ring (bicyclic) bond motifs is 3. The quantitative estimate of drug-likeness (QED) is 0.287. The number of piperidine rings is 2. The van der Waals surface area contributed by atoms with Crippen LogP contribution in [0.2, 0.25) is 0 Å². The Morgan fingerprint density at radius 3 is 1.71 bits per heavy atom. The van der Waals surface area contributed by atoms with Gasteiger partial charge in [-0.15, -0.1) is 23.2 Å². The van der Waals surface area contributed by atoms with Crippen LogP contribution in [0.15, 0.2) is 84.9 Å². The smallest absolute Gasteiger partial charge is 0.123 e. The van der Waals surface area contributed by atoms with Crippen molar-refractivity contribution in [3.63, 3.8) is 0 Å². The lowest BCUT2D eigenvalue weighted by Gasteiger charge is -2.52. The minimum atomic E-state index is -0.156. The summed E-state index contributed by atoms with van der Waals surface area (Å²) in [6, 6.07) is 30.4. The van der Waals surface area contributed by atoms with Crippen LogP contribution in [-0.4, -0.2) is 58.8 Å². The summed E-state index contributed by atoms with van der Waals surface area (Å²) < 4.78 is 13.1. The summed E-state index contributed by atoms with van der Waals surface area (Å²) in [6.45, 7) is 4.18. The molecular weight excluding hydrogens is 516 g/mol. The van der Waals surface area contributed by atoms with Crippen LogP contribution in [0.1, 0.15) is 36.8 Å². The molecular formula is C32H38Cl2FN3. The number of halogens is 3. The zero-order valence-electron chi connectivity index (χ0n) is 21.9. The lowest BCUT2D eigenvalue weighted by molar-refractivity contribution is 0.0890. The summed E-state index contributed by atoms with van der Waals surface area (Å²) in [5, 5.41) is 0. The summed E-state index contributed by atoms with van der Waals surface area (Å²) in [5.41, 5.74) is 3.90. The SMILES string of the molecule is ClCC1CCC(CCl)N1Cc1ccccc1.Fc1ccc(N2CC3CCC2CN3Cc2ccccc2)cc1. The molecule has 7 rings (SSSR count). The number of nitrogens with zero attached hydrogens (tertiary/aromatic N) is 3. The first-order valence-corrected chi connectivity index (χ1v) is 14.9. The van der Waals surface area contributed by atoms with E-state index in [2.05, 4.69) is 69.3 Å². The van der Waals surface area contributed by atoms with Gasteiger partial charge in [-0.05, 0) is 61.1 Å². The van der Waals surface area contributed by atoms with Gasteiger partial charge < -0.3 is 4.90 Å². The molecule has 0 N–H and O–H groups in total.